The van der Waals surface area contributed by atoms with Crippen LogP contribution in [0.1, 0.15) is 54.1 Å². The van der Waals surface area contributed by atoms with Crippen molar-refractivity contribution >= 4 is 11.8 Å². The van der Waals surface area contributed by atoms with Gasteiger partial charge in [0.2, 0.25) is 5.91 Å². The molecule has 2 atom stereocenters. The number of carbonyl (C=O) groups excluding carboxylic acids is 2. The van der Waals surface area contributed by atoms with E-state index in [1.54, 1.807) is 25.1 Å². The van der Waals surface area contributed by atoms with Gasteiger partial charge in [-0.15, -0.1) is 0 Å². The van der Waals surface area contributed by atoms with Gasteiger partial charge in [-0.25, -0.2) is 4.79 Å². The molecule has 0 radical (unpaired) electrons. The monoisotopic (exact) mass is 416 g/mol. The predicted octanol–water partition coefficient (Wildman–Crippen LogP) is 0.822. The summed E-state index contributed by atoms with van der Waals surface area (Å²) < 4.78 is 7.02. The molecule has 1 fully saturated rings. The van der Waals surface area contributed by atoms with E-state index in [9.17, 15) is 14.4 Å². The molecular formula is C20H28N6O4. The van der Waals surface area contributed by atoms with Gasteiger partial charge in [0.05, 0.1) is 18.8 Å². The van der Waals surface area contributed by atoms with Crippen LogP contribution in [0.25, 0.3) is 0 Å². The number of aromatic amines is 1. The predicted molar refractivity (Wildman–Crippen MR) is 109 cm³/mol. The summed E-state index contributed by atoms with van der Waals surface area (Å²) in [5, 5.41) is 7.24. The Labute approximate surface area is 174 Å². The highest BCUT2D eigenvalue weighted by atomic mass is 16.5. The number of carbonyl (C=O) groups is 2. The summed E-state index contributed by atoms with van der Waals surface area (Å²) in [6, 6.07) is 1.51. The molecule has 3 heterocycles. The number of H-pyrrole nitrogens is 1. The molecule has 0 unspecified atom stereocenters. The summed E-state index contributed by atoms with van der Waals surface area (Å²) >= 11 is 0. The molecule has 2 N–H and O–H groups in total. The van der Waals surface area contributed by atoms with Crippen molar-refractivity contribution in [3.63, 3.8) is 0 Å². The van der Waals surface area contributed by atoms with Crippen LogP contribution in [0, 0.1) is 12.8 Å². The first-order chi connectivity index (χ1) is 14.3. The number of aryl methyl sites for hydroxylation is 1. The molecule has 10 heteroatoms. The number of hydrogen-bond acceptors (Lipinski definition) is 6. The fourth-order valence-electron chi connectivity index (χ4n) is 3.75. The van der Waals surface area contributed by atoms with Crippen molar-refractivity contribution in [2.45, 2.75) is 39.3 Å². The fourth-order valence-corrected chi connectivity index (χ4v) is 3.75. The van der Waals surface area contributed by atoms with Crippen LogP contribution >= 0.6 is 0 Å². The molecule has 1 saturated heterocycles. The number of amides is 2. The van der Waals surface area contributed by atoms with Gasteiger partial charge in [0.25, 0.3) is 5.91 Å². The zero-order valence-electron chi connectivity index (χ0n) is 17.7. The van der Waals surface area contributed by atoms with E-state index in [0.717, 1.165) is 5.56 Å². The Morgan fingerprint density at radius 3 is 2.80 bits per heavy atom. The fraction of sp³-hybridized carbons (Fsp3) is 0.550. The highest BCUT2D eigenvalue weighted by Gasteiger charge is 2.41. The Kier molecular flexibility index (Phi) is 6.66. The summed E-state index contributed by atoms with van der Waals surface area (Å²) in [5.41, 5.74) is 0.970. The quantitative estimate of drug-likeness (QED) is 0.657. The van der Waals surface area contributed by atoms with Gasteiger partial charge in [-0.05, 0) is 26.8 Å². The molecule has 2 aromatic rings. The molecule has 0 aromatic carbocycles. The van der Waals surface area contributed by atoms with Crippen LogP contribution in [0.2, 0.25) is 0 Å². The lowest BCUT2D eigenvalue weighted by Crippen LogP contribution is -2.36. The van der Waals surface area contributed by atoms with Crippen LogP contribution in [-0.2, 0) is 9.53 Å². The topological polar surface area (TPSA) is 122 Å². The van der Waals surface area contributed by atoms with E-state index >= 15 is 0 Å². The lowest BCUT2D eigenvalue weighted by Gasteiger charge is -2.27. The number of methoxy groups -OCH3 is 1. The average Bonchev–Trinajstić information content (AvgIpc) is 3.28. The smallest absolute Gasteiger partial charge is 0.345 e. The zero-order valence-corrected chi connectivity index (χ0v) is 17.7. The van der Waals surface area contributed by atoms with Crippen molar-refractivity contribution in [1.82, 2.24) is 30.0 Å². The van der Waals surface area contributed by atoms with Crippen molar-refractivity contribution in [3.05, 3.63) is 45.9 Å². The second kappa shape index (κ2) is 9.21. The van der Waals surface area contributed by atoms with Crippen LogP contribution in [0.3, 0.4) is 0 Å². The van der Waals surface area contributed by atoms with Crippen molar-refractivity contribution in [1.29, 1.82) is 0 Å². The van der Waals surface area contributed by atoms with E-state index in [-0.39, 0.29) is 36.1 Å². The summed E-state index contributed by atoms with van der Waals surface area (Å²) in [6.45, 7) is 6.92. The van der Waals surface area contributed by atoms with Crippen LogP contribution in [0.15, 0.2) is 23.3 Å². The number of nitrogens with one attached hydrogen (secondary N) is 2. The highest BCUT2D eigenvalue weighted by molar-refractivity contribution is 5.92. The molecule has 2 amide bonds. The second-order valence-corrected chi connectivity index (χ2v) is 7.80. The second-order valence-electron chi connectivity index (χ2n) is 7.80. The van der Waals surface area contributed by atoms with Crippen LogP contribution in [-0.4, -0.2) is 63.3 Å². The number of nitrogens with zero attached hydrogens (tertiary/aromatic N) is 4. The summed E-state index contributed by atoms with van der Waals surface area (Å²) in [4.78, 5) is 44.8. The minimum Gasteiger partial charge on any atom is -0.383 e. The maximum Gasteiger partial charge on any atom is 0.345 e. The molecule has 3 rings (SSSR count). The van der Waals surface area contributed by atoms with Crippen molar-refractivity contribution < 1.29 is 14.3 Å². The number of ether oxygens (including phenoxy) is 1. The van der Waals surface area contributed by atoms with E-state index < -0.39 is 11.6 Å². The molecular weight excluding hydrogens is 388 g/mol. The number of likely N-dealkylation sites (tertiary alicyclic amines) is 1. The summed E-state index contributed by atoms with van der Waals surface area (Å²) in [7, 11) is 1.60. The Morgan fingerprint density at radius 1 is 1.40 bits per heavy atom. The Morgan fingerprint density at radius 2 is 2.17 bits per heavy atom. The van der Waals surface area contributed by atoms with E-state index in [1.165, 1.54) is 6.07 Å². The average molecular weight is 416 g/mol. The number of aromatic nitrogens is 4. The SMILES string of the molecule is COCCN1C(=O)C[C@@H](CNC(=O)c2cc(C)[nH]c(=O)n2)[C@@H]1c1cnn(C(C)C)c1. The summed E-state index contributed by atoms with van der Waals surface area (Å²) in [5.74, 6) is -0.562. The minimum absolute atomic E-state index is 0.0127. The van der Waals surface area contributed by atoms with Gasteiger partial charge in [-0.1, -0.05) is 0 Å². The van der Waals surface area contributed by atoms with E-state index in [1.807, 2.05) is 24.7 Å². The Bertz CT molecular complexity index is 966. The molecule has 1 aliphatic heterocycles. The molecule has 2 aromatic heterocycles. The van der Waals surface area contributed by atoms with E-state index in [2.05, 4.69) is 20.4 Å². The number of hydrogen-bond donors (Lipinski definition) is 2. The number of rotatable bonds is 8. The Balaban J connectivity index is 1.79. The van der Waals surface area contributed by atoms with E-state index in [0.29, 0.717) is 25.3 Å². The van der Waals surface area contributed by atoms with Gasteiger partial charge >= 0.3 is 5.69 Å². The van der Waals surface area contributed by atoms with Gasteiger partial charge in [-0.2, -0.15) is 10.1 Å². The standard InChI is InChI=1S/C20H28N6O4/c1-12(2)26-11-15(10-22-26)18-14(8-17(27)25(18)5-6-30-4)9-21-19(28)16-7-13(3)23-20(29)24-16/h7,10-12,14,18H,5-6,8-9H2,1-4H3,(H,21,28)(H,23,24,29)/t14-,18+/m0/s1. The lowest BCUT2D eigenvalue weighted by atomic mass is 9.95. The Hall–Kier alpha value is -3.01. The molecule has 0 saturated carbocycles. The normalized spacial score (nSPS) is 19.0. The molecule has 10 nitrogen and oxygen atoms in total. The van der Waals surface area contributed by atoms with Gasteiger partial charge in [0.1, 0.15) is 5.69 Å². The van der Waals surface area contributed by atoms with Crippen LogP contribution in [0.4, 0.5) is 0 Å². The maximum absolute atomic E-state index is 12.7. The van der Waals surface area contributed by atoms with Crippen molar-refractivity contribution in [3.8, 4) is 0 Å². The molecule has 0 bridgehead atoms. The largest absolute Gasteiger partial charge is 0.383 e. The van der Waals surface area contributed by atoms with Crippen molar-refractivity contribution in [2.75, 3.05) is 26.8 Å². The van der Waals surface area contributed by atoms with Gasteiger partial charge in [0.15, 0.2) is 0 Å². The molecule has 0 aliphatic carbocycles. The lowest BCUT2D eigenvalue weighted by molar-refractivity contribution is -0.129. The third-order valence-corrected chi connectivity index (χ3v) is 5.20. The third kappa shape index (κ3) is 4.76. The molecule has 162 valence electrons. The first-order valence-corrected chi connectivity index (χ1v) is 9.98. The van der Waals surface area contributed by atoms with Crippen LogP contribution < -0.4 is 11.0 Å². The molecule has 1 aliphatic rings. The van der Waals surface area contributed by atoms with Crippen molar-refractivity contribution in [2.24, 2.45) is 5.92 Å². The summed E-state index contributed by atoms with van der Waals surface area (Å²) in [6.07, 6.45) is 4.03. The first kappa shape index (κ1) is 21.7. The maximum atomic E-state index is 12.7. The first-order valence-electron chi connectivity index (χ1n) is 9.98. The molecule has 30 heavy (non-hydrogen) atoms. The zero-order chi connectivity index (χ0) is 21.8. The molecule has 0 spiro atoms. The van der Waals surface area contributed by atoms with Crippen LogP contribution in [0.5, 0.6) is 0 Å². The minimum atomic E-state index is -0.569. The third-order valence-electron chi connectivity index (χ3n) is 5.20. The van der Waals surface area contributed by atoms with Gasteiger partial charge in [0, 0.05) is 56.0 Å². The highest BCUT2D eigenvalue weighted by Crippen LogP contribution is 2.37. The van der Waals surface area contributed by atoms with E-state index in [4.69, 9.17) is 4.74 Å². The van der Waals surface area contributed by atoms with Gasteiger partial charge in [-0.3, -0.25) is 14.3 Å². The van der Waals surface area contributed by atoms with Gasteiger partial charge < -0.3 is 19.9 Å².